The molecule has 2 heterocycles. The van der Waals surface area contributed by atoms with Gasteiger partial charge in [0, 0.05) is 32.4 Å². The second-order valence-electron chi connectivity index (χ2n) is 7.84. The first kappa shape index (κ1) is 24.4. The molecule has 11 heteroatoms. The molecule has 3 aromatic rings. The Hall–Kier alpha value is -2.73. The van der Waals surface area contributed by atoms with Gasteiger partial charge < -0.3 is 14.2 Å². The molecule has 1 aliphatic rings. The number of hydrogen-bond acceptors (Lipinski definition) is 9. The largest absolute Gasteiger partial charge is 0.493 e. The van der Waals surface area contributed by atoms with Gasteiger partial charge in [-0.25, -0.2) is 13.4 Å². The number of sulfone groups is 1. The lowest BCUT2D eigenvalue weighted by Crippen LogP contribution is -2.44. The van der Waals surface area contributed by atoms with Crippen molar-refractivity contribution in [3.8, 4) is 11.5 Å². The van der Waals surface area contributed by atoms with Gasteiger partial charge in [0.25, 0.3) is 5.91 Å². The summed E-state index contributed by atoms with van der Waals surface area (Å²) in [4.78, 5) is 22.0. The topological polar surface area (TPSA) is 98.3 Å². The molecule has 0 N–H and O–H groups in total. The van der Waals surface area contributed by atoms with E-state index in [1.807, 2.05) is 12.1 Å². The maximum atomic E-state index is 13.3. The minimum absolute atomic E-state index is 0.187. The lowest BCUT2D eigenvalue weighted by molar-refractivity contribution is -0.120. The molecule has 0 spiro atoms. The molecule has 0 bridgehead atoms. The molecule has 9 nitrogen and oxygen atoms in total. The van der Waals surface area contributed by atoms with Gasteiger partial charge in [0.2, 0.25) is 0 Å². The number of benzene rings is 2. The molecule has 0 radical (unpaired) electrons. The van der Waals surface area contributed by atoms with Gasteiger partial charge in [0.05, 0.1) is 35.4 Å². The molecule has 0 aliphatic carbocycles. The fourth-order valence-electron chi connectivity index (χ4n) is 3.59. The summed E-state index contributed by atoms with van der Waals surface area (Å²) in [5.74, 6) is 0.776. The highest BCUT2D eigenvalue weighted by Crippen LogP contribution is 2.31. The van der Waals surface area contributed by atoms with Crippen LogP contribution >= 0.6 is 11.3 Å². The van der Waals surface area contributed by atoms with E-state index in [2.05, 4.69) is 9.88 Å². The molecule has 1 fully saturated rings. The van der Waals surface area contributed by atoms with E-state index in [9.17, 15) is 13.2 Å². The van der Waals surface area contributed by atoms with E-state index in [0.717, 1.165) is 13.1 Å². The second kappa shape index (κ2) is 10.7. The van der Waals surface area contributed by atoms with Crippen molar-refractivity contribution >= 4 is 42.4 Å². The van der Waals surface area contributed by atoms with Crippen molar-refractivity contribution in [1.29, 1.82) is 0 Å². The smallest absolute Gasteiger partial charge is 0.266 e. The highest BCUT2D eigenvalue weighted by Gasteiger charge is 2.23. The Labute approximate surface area is 202 Å². The van der Waals surface area contributed by atoms with Crippen LogP contribution in [0.25, 0.3) is 10.2 Å². The fourth-order valence-corrected chi connectivity index (χ4v) is 5.36. The number of ether oxygens (including phenoxy) is 3. The quantitative estimate of drug-likeness (QED) is 0.437. The molecule has 182 valence electrons. The standard InChI is InChI=1S/C23H27N3O6S2/c1-30-19-5-3-4-6-20(19)32-16-22(27)26(10-9-25-11-13-31-14-12-25)23-24-18-8-7-17(34(2,28)29)15-21(18)33-23/h3-8,15H,9-14,16H2,1-2H3. The van der Waals surface area contributed by atoms with Crippen molar-refractivity contribution in [2.24, 2.45) is 0 Å². The normalized spacial score (nSPS) is 14.8. The minimum atomic E-state index is -3.34. The van der Waals surface area contributed by atoms with Gasteiger partial charge in [-0.1, -0.05) is 23.5 Å². The Kier molecular flexibility index (Phi) is 7.67. The summed E-state index contributed by atoms with van der Waals surface area (Å²) in [6.07, 6.45) is 1.17. The number of amides is 1. The predicted molar refractivity (Wildman–Crippen MR) is 131 cm³/mol. The van der Waals surface area contributed by atoms with Crippen LogP contribution in [0.5, 0.6) is 11.5 Å². The number of fused-ring (bicyclic) bond motifs is 1. The van der Waals surface area contributed by atoms with Gasteiger partial charge in [-0.3, -0.25) is 14.6 Å². The number of carbonyl (C=O) groups excluding carboxylic acids is 1. The Morgan fingerprint density at radius 2 is 1.91 bits per heavy atom. The molecule has 1 amide bonds. The Balaban J connectivity index is 1.57. The molecule has 4 rings (SSSR count). The van der Waals surface area contributed by atoms with Gasteiger partial charge in [-0.2, -0.15) is 0 Å². The Bertz CT molecular complexity index is 1250. The van der Waals surface area contributed by atoms with Crippen LogP contribution in [0.3, 0.4) is 0 Å². The van der Waals surface area contributed by atoms with Gasteiger partial charge in [-0.05, 0) is 30.3 Å². The summed E-state index contributed by atoms with van der Waals surface area (Å²) < 4.78 is 41.1. The van der Waals surface area contributed by atoms with E-state index in [0.29, 0.717) is 53.2 Å². The number of hydrogen-bond donors (Lipinski definition) is 0. The Morgan fingerprint density at radius 1 is 1.18 bits per heavy atom. The third-order valence-corrected chi connectivity index (χ3v) is 7.62. The zero-order valence-corrected chi connectivity index (χ0v) is 20.7. The SMILES string of the molecule is COc1ccccc1OCC(=O)N(CCN1CCOCC1)c1nc2ccc(S(C)(=O)=O)cc2s1. The van der Waals surface area contributed by atoms with Crippen molar-refractivity contribution in [2.45, 2.75) is 4.90 Å². The first-order chi connectivity index (χ1) is 16.3. The van der Waals surface area contributed by atoms with Crippen LogP contribution in [0, 0.1) is 0 Å². The number of morpholine rings is 1. The molecular formula is C23H27N3O6S2. The lowest BCUT2D eigenvalue weighted by atomic mass is 10.3. The number of rotatable bonds is 9. The van der Waals surface area contributed by atoms with E-state index in [1.165, 1.54) is 23.7 Å². The minimum Gasteiger partial charge on any atom is -0.493 e. The average molecular weight is 506 g/mol. The van der Waals surface area contributed by atoms with Gasteiger partial charge in [0.1, 0.15) is 0 Å². The summed E-state index contributed by atoms with van der Waals surface area (Å²) in [6, 6.07) is 12.0. The molecule has 1 aliphatic heterocycles. The van der Waals surface area contributed by atoms with Crippen molar-refractivity contribution in [3.05, 3.63) is 42.5 Å². The number of para-hydroxylation sites is 2. The summed E-state index contributed by atoms with van der Waals surface area (Å²) in [5.41, 5.74) is 0.641. The van der Waals surface area contributed by atoms with E-state index in [-0.39, 0.29) is 17.4 Å². The molecular weight excluding hydrogens is 478 g/mol. The fraction of sp³-hybridized carbons (Fsp3) is 0.391. The highest BCUT2D eigenvalue weighted by molar-refractivity contribution is 7.90. The molecule has 0 saturated carbocycles. The zero-order chi connectivity index (χ0) is 24.1. The van der Waals surface area contributed by atoms with E-state index in [1.54, 1.807) is 36.3 Å². The second-order valence-corrected chi connectivity index (χ2v) is 10.9. The van der Waals surface area contributed by atoms with Gasteiger partial charge >= 0.3 is 0 Å². The van der Waals surface area contributed by atoms with Crippen LogP contribution in [-0.4, -0.2) is 83.6 Å². The molecule has 2 aromatic carbocycles. The Morgan fingerprint density at radius 3 is 2.62 bits per heavy atom. The predicted octanol–water partition coefficient (Wildman–Crippen LogP) is 2.45. The van der Waals surface area contributed by atoms with Crippen LogP contribution in [0.1, 0.15) is 0 Å². The van der Waals surface area contributed by atoms with Crippen molar-refractivity contribution in [2.75, 3.05) is 64.3 Å². The molecule has 1 aromatic heterocycles. The first-order valence-electron chi connectivity index (χ1n) is 10.8. The molecule has 0 unspecified atom stereocenters. The summed E-state index contributed by atoms with van der Waals surface area (Å²) in [6.45, 7) is 3.84. The van der Waals surface area contributed by atoms with Crippen molar-refractivity contribution < 1.29 is 27.4 Å². The summed E-state index contributed by atoms with van der Waals surface area (Å²) >= 11 is 1.29. The molecule has 0 atom stereocenters. The number of aromatic nitrogens is 1. The van der Waals surface area contributed by atoms with Gasteiger partial charge in [0.15, 0.2) is 33.1 Å². The van der Waals surface area contributed by atoms with Gasteiger partial charge in [-0.15, -0.1) is 0 Å². The van der Waals surface area contributed by atoms with Crippen LogP contribution in [-0.2, 0) is 19.4 Å². The molecule has 1 saturated heterocycles. The number of anilines is 1. The molecule has 34 heavy (non-hydrogen) atoms. The lowest BCUT2D eigenvalue weighted by Gasteiger charge is -2.29. The first-order valence-corrected chi connectivity index (χ1v) is 13.5. The maximum absolute atomic E-state index is 13.3. The number of thiazole rings is 1. The van der Waals surface area contributed by atoms with Crippen LogP contribution < -0.4 is 14.4 Å². The van der Waals surface area contributed by atoms with E-state index in [4.69, 9.17) is 14.2 Å². The number of nitrogens with zero attached hydrogens (tertiary/aromatic N) is 3. The third kappa shape index (κ3) is 5.84. The van der Waals surface area contributed by atoms with Crippen LogP contribution in [0.4, 0.5) is 5.13 Å². The van der Waals surface area contributed by atoms with Crippen molar-refractivity contribution in [3.63, 3.8) is 0 Å². The monoisotopic (exact) mass is 505 g/mol. The average Bonchev–Trinajstić information content (AvgIpc) is 3.26. The highest BCUT2D eigenvalue weighted by atomic mass is 32.2. The van der Waals surface area contributed by atoms with E-state index >= 15 is 0 Å². The summed E-state index contributed by atoms with van der Waals surface area (Å²) in [5, 5.41) is 0.502. The maximum Gasteiger partial charge on any atom is 0.266 e. The third-order valence-electron chi connectivity index (χ3n) is 5.47. The number of carbonyl (C=O) groups is 1. The summed E-state index contributed by atoms with van der Waals surface area (Å²) in [7, 11) is -1.80. The number of methoxy groups -OCH3 is 1. The van der Waals surface area contributed by atoms with Crippen molar-refractivity contribution in [1.82, 2.24) is 9.88 Å². The zero-order valence-electron chi connectivity index (χ0n) is 19.1. The van der Waals surface area contributed by atoms with E-state index < -0.39 is 9.84 Å². The van der Waals surface area contributed by atoms with Crippen LogP contribution in [0.15, 0.2) is 47.4 Å². The van der Waals surface area contributed by atoms with Crippen LogP contribution in [0.2, 0.25) is 0 Å².